The Bertz CT molecular complexity index is 104. The summed E-state index contributed by atoms with van der Waals surface area (Å²) in [5, 5.41) is 12.1. The van der Waals surface area contributed by atoms with Crippen LogP contribution in [0, 0.1) is 5.92 Å². The molecule has 2 N–H and O–H groups in total. The van der Waals surface area contributed by atoms with E-state index in [1.807, 2.05) is 0 Å². The van der Waals surface area contributed by atoms with Crippen LogP contribution < -0.4 is 5.32 Å². The van der Waals surface area contributed by atoms with E-state index in [9.17, 15) is 0 Å². The fourth-order valence-corrected chi connectivity index (χ4v) is 1.12. The first-order valence-electron chi connectivity index (χ1n) is 4.94. The first kappa shape index (κ1) is 11.9. The molecule has 0 aliphatic rings. The predicted octanol–water partition coefficient (Wildman–Crippen LogP) is 1.78. The quantitative estimate of drug-likeness (QED) is 0.641. The normalized spacial score (nSPS) is 16.5. The SMILES string of the molecule is CC(C)[C@H](C)N[C@@H](C)CCCO. The predicted molar refractivity (Wildman–Crippen MR) is 53.2 cm³/mol. The van der Waals surface area contributed by atoms with E-state index >= 15 is 0 Å². The molecular weight excluding hydrogens is 150 g/mol. The van der Waals surface area contributed by atoms with E-state index in [0.29, 0.717) is 24.6 Å². The van der Waals surface area contributed by atoms with Crippen LogP contribution in [0.4, 0.5) is 0 Å². The zero-order valence-electron chi connectivity index (χ0n) is 8.80. The molecule has 0 bridgehead atoms. The van der Waals surface area contributed by atoms with Gasteiger partial charge in [0.2, 0.25) is 0 Å². The van der Waals surface area contributed by atoms with E-state index in [1.165, 1.54) is 0 Å². The van der Waals surface area contributed by atoms with Gasteiger partial charge in [0, 0.05) is 18.7 Å². The maximum absolute atomic E-state index is 8.63. The van der Waals surface area contributed by atoms with Gasteiger partial charge in [0.05, 0.1) is 0 Å². The Labute approximate surface area is 76.4 Å². The molecule has 0 amide bonds. The van der Waals surface area contributed by atoms with Gasteiger partial charge in [0.1, 0.15) is 0 Å². The standard InChI is InChI=1S/C10H23NO/c1-8(2)10(4)11-9(3)6-5-7-12/h8-12H,5-7H2,1-4H3/t9-,10-/m0/s1. The van der Waals surface area contributed by atoms with E-state index in [1.54, 1.807) is 0 Å². The van der Waals surface area contributed by atoms with E-state index < -0.39 is 0 Å². The fourth-order valence-electron chi connectivity index (χ4n) is 1.12. The Balaban J connectivity index is 3.47. The molecule has 0 aromatic carbocycles. The van der Waals surface area contributed by atoms with Crippen LogP contribution >= 0.6 is 0 Å². The Kier molecular flexibility index (Phi) is 6.39. The summed E-state index contributed by atoms with van der Waals surface area (Å²) in [6, 6.07) is 1.09. The third-order valence-corrected chi connectivity index (χ3v) is 2.34. The van der Waals surface area contributed by atoms with Gasteiger partial charge in [0.15, 0.2) is 0 Å². The molecule has 0 aliphatic heterocycles. The smallest absolute Gasteiger partial charge is 0.0431 e. The number of hydrogen-bond acceptors (Lipinski definition) is 2. The number of hydrogen-bond donors (Lipinski definition) is 2. The summed E-state index contributed by atoms with van der Waals surface area (Å²) in [5.41, 5.74) is 0. The van der Waals surface area contributed by atoms with Gasteiger partial charge >= 0.3 is 0 Å². The van der Waals surface area contributed by atoms with Crippen molar-refractivity contribution in [3.63, 3.8) is 0 Å². The molecule has 0 heterocycles. The first-order valence-corrected chi connectivity index (χ1v) is 4.94. The van der Waals surface area contributed by atoms with Crippen LogP contribution in [0.5, 0.6) is 0 Å². The maximum atomic E-state index is 8.63. The van der Waals surface area contributed by atoms with Crippen LogP contribution in [0.15, 0.2) is 0 Å². The molecular formula is C10H23NO. The second kappa shape index (κ2) is 6.44. The molecule has 0 aromatic heterocycles. The van der Waals surface area contributed by atoms with Gasteiger partial charge in [-0.05, 0) is 32.6 Å². The summed E-state index contributed by atoms with van der Waals surface area (Å²) in [6.45, 7) is 9.13. The molecule has 0 fully saturated rings. The Morgan fingerprint density at radius 1 is 1.17 bits per heavy atom. The lowest BCUT2D eigenvalue weighted by Crippen LogP contribution is -2.37. The van der Waals surface area contributed by atoms with Gasteiger partial charge in [-0.2, -0.15) is 0 Å². The molecule has 0 saturated carbocycles. The number of nitrogens with one attached hydrogen (secondary N) is 1. The Morgan fingerprint density at radius 3 is 2.17 bits per heavy atom. The van der Waals surface area contributed by atoms with Crippen molar-refractivity contribution in [2.45, 2.75) is 52.6 Å². The molecule has 0 spiro atoms. The largest absolute Gasteiger partial charge is 0.396 e. The zero-order valence-corrected chi connectivity index (χ0v) is 8.80. The highest BCUT2D eigenvalue weighted by Gasteiger charge is 2.09. The topological polar surface area (TPSA) is 32.3 Å². The molecule has 0 aliphatic carbocycles. The fraction of sp³-hybridized carbons (Fsp3) is 1.00. The average molecular weight is 173 g/mol. The average Bonchev–Trinajstić information content (AvgIpc) is 2.00. The van der Waals surface area contributed by atoms with Gasteiger partial charge in [-0.3, -0.25) is 0 Å². The maximum Gasteiger partial charge on any atom is 0.0431 e. The highest BCUT2D eigenvalue weighted by molar-refractivity contribution is 4.69. The minimum absolute atomic E-state index is 0.308. The zero-order chi connectivity index (χ0) is 9.56. The van der Waals surface area contributed by atoms with Crippen LogP contribution in [0.3, 0.4) is 0 Å². The van der Waals surface area contributed by atoms with Gasteiger partial charge in [-0.25, -0.2) is 0 Å². The van der Waals surface area contributed by atoms with Crippen LogP contribution in [-0.4, -0.2) is 23.8 Å². The molecule has 0 rings (SSSR count). The van der Waals surface area contributed by atoms with Crippen molar-refractivity contribution >= 4 is 0 Å². The number of aliphatic hydroxyl groups excluding tert-OH is 1. The van der Waals surface area contributed by atoms with Crippen molar-refractivity contribution in [1.29, 1.82) is 0 Å². The molecule has 0 saturated heterocycles. The molecule has 2 nitrogen and oxygen atoms in total. The van der Waals surface area contributed by atoms with Crippen molar-refractivity contribution in [3.8, 4) is 0 Å². The van der Waals surface area contributed by atoms with Crippen molar-refractivity contribution in [2.24, 2.45) is 5.92 Å². The summed E-state index contributed by atoms with van der Waals surface area (Å²) in [7, 11) is 0. The van der Waals surface area contributed by atoms with Gasteiger partial charge < -0.3 is 10.4 Å². The Hall–Kier alpha value is -0.0800. The van der Waals surface area contributed by atoms with E-state index in [0.717, 1.165) is 12.8 Å². The molecule has 2 heteroatoms. The summed E-state index contributed by atoms with van der Waals surface area (Å²) in [4.78, 5) is 0. The highest BCUT2D eigenvalue weighted by atomic mass is 16.2. The third kappa shape index (κ3) is 5.56. The minimum atomic E-state index is 0.308. The summed E-state index contributed by atoms with van der Waals surface area (Å²) in [5.74, 6) is 0.682. The summed E-state index contributed by atoms with van der Waals surface area (Å²) in [6.07, 6.45) is 1.96. The lowest BCUT2D eigenvalue weighted by Gasteiger charge is -2.22. The number of rotatable bonds is 6. The van der Waals surface area contributed by atoms with Crippen molar-refractivity contribution in [1.82, 2.24) is 5.32 Å². The van der Waals surface area contributed by atoms with Crippen molar-refractivity contribution in [3.05, 3.63) is 0 Å². The lowest BCUT2D eigenvalue weighted by molar-refractivity contribution is 0.270. The molecule has 0 unspecified atom stereocenters. The monoisotopic (exact) mass is 173 g/mol. The number of aliphatic hydroxyl groups is 1. The van der Waals surface area contributed by atoms with E-state index in [4.69, 9.17) is 5.11 Å². The summed E-state index contributed by atoms with van der Waals surface area (Å²) < 4.78 is 0. The van der Waals surface area contributed by atoms with Gasteiger partial charge in [-0.15, -0.1) is 0 Å². The summed E-state index contributed by atoms with van der Waals surface area (Å²) >= 11 is 0. The second-order valence-corrected chi connectivity index (χ2v) is 3.97. The third-order valence-electron chi connectivity index (χ3n) is 2.34. The van der Waals surface area contributed by atoms with Crippen LogP contribution in [0.25, 0.3) is 0 Å². The van der Waals surface area contributed by atoms with Crippen LogP contribution in [-0.2, 0) is 0 Å². The lowest BCUT2D eigenvalue weighted by atomic mass is 10.0. The first-order chi connectivity index (χ1) is 5.57. The van der Waals surface area contributed by atoms with Gasteiger partial charge in [0.25, 0.3) is 0 Å². The highest BCUT2D eigenvalue weighted by Crippen LogP contribution is 2.03. The second-order valence-electron chi connectivity index (χ2n) is 3.97. The molecule has 74 valence electrons. The van der Waals surface area contributed by atoms with Crippen LogP contribution in [0.1, 0.15) is 40.5 Å². The van der Waals surface area contributed by atoms with E-state index in [2.05, 4.69) is 33.0 Å². The van der Waals surface area contributed by atoms with Gasteiger partial charge in [-0.1, -0.05) is 13.8 Å². The van der Waals surface area contributed by atoms with Crippen LogP contribution in [0.2, 0.25) is 0 Å². The van der Waals surface area contributed by atoms with Crippen molar-refractivity contribution in [2.75, 3.05) is 6.61 Å². The minimum Gasteiger partial charge on any atom is -0.396 e. The van der Waals surface area contributed by atoms with E-state index in [-0.39, 0.29) is 0 Å². The molecule has 0 aromatic rings. The van der Waals surface area contributed by atoms with Crippen molar-refractivity contribution < 1.29 is 5.11 Å². The molecule has 2 atom stereocenters. The molecule has 0 radical (unpaired) electrons. The molecule has 12 heavy (non-hydrogen) atoms. The Morgan fingerprint density at radius 2 is 1.75 bits per heavy atom.